The van der Waals surface area contributed by atoms with Crippen LogP contribution >= 0.6 is 0 Å². The van der Waals surface area contributed by atoms with Crippen LogP contribution in [-0.4, -0.2) is 47.7 Å². The molecule has 0 aromatic carbocycles. The quantitative estimate of drug-likeness (QED) is 0.572. The summed E-state index contributed by atoms with van der Waals surface area (Å²) in [7, 11) is 1.76. The molecular formula is C8H16N2O2. The van der Waals surface area contributed by atoms with Crippen LogP contribution in [-0.2, 0) is 4.79 Å². The van der Waals surface area contributed by atoms with E-state index in [1.165, 1.54) is 0 Å². The Bertz CT molecular complexity index is 185. The lowest BCUT2D eigenvalue weighted by Gasteiger charge is -2.40. The van der Waals surface area contributed by atoms with Gasteiger partial charge in [-0.25, -0.2) is 0 Å². The highest BCUT2D eigenvalue weighted by molar-refractivity contribution is 5.86. The maximum Gasteiger partial charge on any atom is 0.242 e. The van der Waals surface area contributed by atoms with Crippen molar-refractivity contribution in [3.8, 4) is 0 Å². The van der Waals surface area contributed by atoms with Crippen LogP contribution in [0, 0.1) is 0 Å². The molecule has 70 valence electrons. The Morgan fingerprint density at radius 2 is 2.08 bits per heavy atom. The minimum absolute atomic E-state index is 0.0512. The fourth-order valence-corrected chi connectivity index (χ4v) is 1.12. The van der Waals surface area contributed by atoms with Crippen molar-refractivity contribution in [2.45, 2.75) is 25.5 Å². The van der Waals surface area contributed by atoms with E-state index < -0.39 is 5.54 Å². The standard InChI is InChI=1S/C8H16N2O2/c1-8(2,9-3)7(12)10-4-6(11)5-10/h6,9,11H,4-5H2,1-3H3. The summed E-state index contributed by atoms with van der Waals surface area (Å²) in [6.45, 7) is 4.62. The molecule has 0 atom stereocenters. The van der Waals surface area contributed by atoms with Crippen molar-refractivity contribution in [3.05, 3.63) is 0 Å². The highest BCUT2D eigenvalue weighted by Gasteiger charge is 2.36. The van der Waals surface area contributed by atoms with Crippen LogP contribution in [0.5, 0.6) is 0 Å². The zero-order valence-electron chi connectivity index (χ0n) is 7.79. The van der Waals surface area contributed by atoms with Gasteiger partial charge in [0.05, 0.1) is 11.6 Å². The Morgan fingerprint density at radius 3 is 2.42 bits per heavy atom. The van der Waals surface area contributed by atoms with Gasteiger partial charge in [-0.3, -0.25) is 4.79 Å². The Balaban J connectivity index is 2.48. The smallest absolute Gasteiger partial charge is 0.242 e. The Morgan fingerprint density at radius 1 is 1.58 bits per heavy atom. The normalized spacial score (nSPS) is 19.2. The van der Waals surface area contributed by atoms with Crippen molar-refractivity contribution in [1.29, 1.82) is 0 Å². The molecule has 1 aliphatic rings. The maximum absolute atomic E-state index is 11.6. The molecule has 1 saturated heterocycles. The van der Waals surface area contributed by atoms with Crippen LogP contribution in [0.3, 0.4) is 0 Å². The number of hydrogen-bond donors (Lipinski definition) is 2. The molecule has 1 amide bonds. The van der Waals surface area contributed by atoms with Gasteiger partial charge in [-0.15, -0.1) is 0 Å². The van der Waals surface area contributed by atoms with E-state index in [1.807, 2.05) is 13.8 Å². The SMILES string of the molecule is CNC(C)(C)C(=O)N1CC(O)C1. The summed E-state index contributed by atoms with van der Waals surface area (Å²) in [6.07, 6.45) is -0.318. The van der Waals surface area contributed by atoms with Crippen LogP contribution in [0.1, 0.15) is 13.8 Å². The van der Waals surface area contributed by atoms with E-state index in [0.29, 0.717) is 13.1 Å². The third-order valence-corrected chi connectivity index (χ3v) is 2.31. The highest BCUT2D eigenvalue weighted by Crippen LogP contribution is 2.14. The molecule has 1 fully saturated rings. The summed E-state index contributed by atoms with van der Waals surface area (Å²) in [5, 5.41) is 11.9. The van der Waals surface area contributed by atoms with Crippen molar-refractivity contribution in [2.75, 3.05) is 20.1 Å². The van der Waals surface area contributed by atoms with E-state index in [-0.39, 0.29) is 12.0 Å². The molecule has 4 nitrogen and oxygen atoms in total. The number of likely N-dealkylation sites (N-methyl/N-ethyl adjacent to an activating group) is 1. The molecule has 1 aliphatic heterocycles. The molecule has 0 aliphatic carbocycles. The molecule has 1 heterocycles. The number of carbonyl (C=O) groups is 1. The molecule has 0 aromatic rings. The molecule has 0 aromatic heterocycles. The molecular weight excluding hydrogens is 156 g/mol. The highest BCUT2D eigenvalue weighted by atomic mass is 16.3. The van der Waals surface area contributed by atoms with Gasteiger partial charge in [0, 0.05) is 13.1 Å². The first kappa shape index (κ1) is 9.48. The number of β-amino-alcohol motifs (C(OH)–C–C–N with tert-alkyl or cyclic N) is 1. The number of likely N-dealkylation sites (tertiary alicyclic amines) is 1. The molecule has 0 unspecified atom stereocenters. The van der Waals surface area contributed by atoms with Crippen molar-refractivity contribution in [1.82, 2.24) is 10.2 Å². The van der Waals surface area contributed by atoms with E-state index in [4.69, 9.17) is 5.11 Å². The van der Waals surface area contributed by atoms with Crippen LogP contribution in [0.15, 0.2) is 0 Å². The molecule has 1 rings (SSSR count). The number of hydrogen-bond acceptors (Lipinski definition) is 3. The number of aliphatic hydroxyl groups excluding tert-OH is 1. The second-order valence-electron chi connectivity index (χ2n) is 3.74. The largest absolute Gasteiger partial charge is 0.389 e. The zero-order valence-corrected chi connectivity index (χ0v) is 7.79. The first-order valence-corrected chi connectivity index (χ1v) is 4.13. The average molecular weight is 172 g/mol. The van der Waals surface area contributed by atoms with Crippen molar-refractivity contribution in [3.63, 3.8) is 0 Å². The molecule has 0 spiro atoms. The Labute approximate surface area is 72.6 Å². The monoisotopic (exact) mass is 172 g/mol. The summed E-state index contributed by atoms with van der Waals surface area (Å²) in [4.78, 5) is 13.2. The molecule has 0 saturated carbocycles. The Hall–Kier alpha value is -0.610. The predicted molar refractivity (Wildman–Crippen MR) is 45.7 cm³/mol. The lowest BCUT2D eigenvalue weighted by Crippen LogP contribution is -2.61. The average Bonchev–Trinajstić information content (AvgIpc) is 1.97. The van der Waals surface area contributed by atoms with E-state index in [9.17, 15) is 4.79 Å². The minimum atomic E-state index is -0.514. The summed E-state index contributed by atoms with van der Waals surface area (Å²) >= 11 is 0. The number of aliphatic hydroxyl groups is 1. The lowest BCUT2D eigenvalue weighted by molar-refractivity contribution is -0.147. The molecule has 0 bridgehead atoms. The number of nitrogens with zero attached hydrogens (tertiary/aromatic N) is 1. The van der Waals surface area contributed by atoms with Crippen LogP contribution in [0.2, 0.25) is 0 Å². The van der Waals surface area contributed by atoms with E-state index in [2.05, 4.69) is 5.32 Å². The van der Waals surface area contributed by atoms with Gasteiger partial charge >= 0.3 is 0 Å². The van der Waals surface area contributed by atoms with E-state index >= 15 is 0 Å². The van der Waals surface area contributed by atoms with Crippen LogP contribution in [0.4, 0.5) is 0 Å². The van der Waals surface area contributed by atoms with Crippen molar-refractivity contribution < 1.29 is 9.90 Å². The molecule has 12 heavy (non-hydrogen) atoms. The van der Waals surface area contributed by atoms with Gasteiger partial charge in [-0.1, -0.05) is 0 Å². The summed E-state index contributed by atoms with van der Waals surface area (Å²) in [6, 6.07) is 0. The molecule has 2 N–H and O–H groups in total. The summed E-state index contributed by atoms with van der Waals surface area (Å²) in [5.74, 6) is 0.0512. The number of nitrogens with one attached hydrogen (secondary N) is 1. The fraction of sp³-hybridized carbons (Fsp3) is 0.875. The van der Waals surface area contributed by atoms with Crippen molar-refractivity contribution >= 4 is 5.91 Å². The second kappa shape index (κ2) is 3.03. The zero-order chi connectivity index (χ0) is 9.35. The van der Waals surface area contributed by atoms with Crippen LogP contribution in [0.25, 0.3) is 0 Å². The molecule has 4 heteroatoms. The first-order valence-electron chi connectivity index (χ1n) is 4.13. The van der Waals surface area contributed by atoms with Gasteiger partial charge in [0.1, 0.15) is 0 Å². The number of carbonyl (C=O) groups excluding carboxylic acids is 1. The van der Waals surface area contributed by atoms with Crippen LogP contribution < -0.4 is 5.32 Å². The first-order chi connectivity index (χ1) is 5.47. The molecule has 0 radical (unpaired) electrons. The topological polar surface area (TPSA) is 52.6 Å². The second-order valence-corrected chi connectivity index (χ2v) is 3.74. The van der Waals surface area contributed by atoms with Gasteiger partial charge < -0.3 is 15.3 Å². The minimum Gasteiger partial charge on any atom is -0.389 e. The van der Waals surface area contributed by atoms with E-state index in [1.54, 1.807) is 11.9 Å². The van der Waals surface area contributed by atoms with Gasteiger partial charge in [-0.2, -0.15) is 0 Å². The van der Waals surface area contributed by atoms with Gasteiger partial charge in [-0.05, 0) is 20.9 Å². The maximum atomic E-state index is 11.6. The Kier molecular flexibility index (Phi) is 2.39. The summed E-state index contributed by atoms with van der Waals surface area (Å²) in [5.41, 5.74) is -0.514. The van der Waals surface area contributed by atoms with Gasteiger partial charge in [0.2, 0.25) is 5.91 Å². The third-order valence-electron chi connectivity index (χ3n) is 2.31. The van der Waals surface area contributed by atoms with Crippen molar-refractivity contribution in [2.24, 2.45) is 0 Å². The van der Waals surface area contributed by atoms with Gasteiger partial charge in [0.25, 0.3) is 0 Å². The third kappa shape index (κ3) is 1.59. The van der Waals surface area contributed by atoms with Gasteiger partial charge in [0.15, 0.2) is 0 Å². The number of amides is 1. The van der Waals surface area contributed by atoms with E-state index in [0.717, 1.165) is 0 Å². The number of rotatable bonds is 2. The lowest BCUT2D eigenvalue weighted by atomic mass is 10.0. The predicted octanol–water partition coefficient (Wildman–Crippen LogP) is -0.813. The fourth-order valence-electron chi connectivity index (χ4n) is 1.12. The summed E-state index contributed by atoms with van der Waals surface area (Å²) < 4.78 is 0.